The first-order valence-electron chi connectivity index (χ1n) is 6.05. The van der Waals surface area contributed by atoms with Gasteiger partial charge in [-0.2, -0.15) is 23.5 Å². The topological polar surface area (TPSA) is 41.6 Å². The molecule has 3 nitrogen and oxygen atoms in total. The Kier molecular flexibility index (Phi) is 2.91. The van der Waals surface area contributed by atoms with Crippen LogP contribution < -0.4 is 0 Å². The zero-order valence-corrected chi connectivity index (χ0v) is 10.6. The van der Waals surface area contributed by atoms with Gasteiger partial charge in [-0.25, -0.2) is 4.68 Å². The number of hydrogen-bond acceptors (Lipinski definition) is 2. The Morgan fingerprint density at radius 3 is 2.57 bits per heavy atom. The molecule has 6 heteroatoms. The number of rotatable bonds is 1. The van der Waals surface area contributed by atoms with Crippen molar-refractivity contribution >= 4 is 10.9 Å². The van der Waals surface area contributed by atoms with E-state index in [9.17, 15) is 13.2 Å². The van der Waals surface area contributed by atoms with Gasteiger partial charge in [0.25, 0.3) is 0 Å². The zero-order chi connectivity index (χ0) is 15.0. The van der Waals surface area contributed by atoms with Gasteiger partial charge in [-0.3, -0.25) is 0 Å². The third-order valence-corrected chi connectivity index (χ3v) is 3.15. The molecule has 0 saturated carbocycles. The lowest BCUT2D eigenvalue weighted by Gasteiger charge is -2.10. The molecule has 3 rings (SSSR count). The molecular weight excluding hydrogens is 279 g/mol. The molecular formula is C15H8F3N3. The minimum absolute atomic E-state index is 0.0707. The highest BCUT2D eigenvalue weighted by molar-refractivity contribution is 5.80. The van der Waals surface area contributed by atoms with Gasteiger partial charge in [0.1, 0.15) is 6.07 Å². The van der Waals surface area contributed by atoms with Crippen LogP contribution in [0.4, 0.5) is 13.2 Å². The lowest BCUT2D eigenvalue weighted by Crippen LogP contribution is -2.07. The molecule has 0 radical (unpaired) electrons. The highest BCUT2D eigenvalue weighted by atomic mass is 19.4. The van der Waals surface area contributed by atoms with E-state index >= 15 is 0 Å². The molecule has 0 aliphatic heterocycles. The number of alkyl halides is 3. The maximum Gasteiger partial charge on any atom is 0.416 e. The molecule has 0 N–H and O–H groups in total. The summed E-state index contributed by atoms with van der Waals surface area (Å²) in [5.74, 6) is 0. The third-order valence-electron chi connectivity index (χ3n) is 3.15. The summed E-state index contributed by atoms with van der Waals surface area (Å²) in [5.41, 5.74) is 0.137. The van der Waals surface area contributed by atoms with Crippen LogP contribution >= 0.6 is 0 Å². The number of halogens is 3. The Balaban J connectivity index is 2.22. The van der Waals surface area contributed by atoms with Gasteiger partial charge in [0.05, 0.1) is 28.5 Å². The standard InChI is InChI=1S/C15H8F3N3/c16-15(17,18)12-5-6-14(11(7-12)8-19)21-13-4-2-1-3-10(13)9-20-21/h1-7,9H. The summed E-state index contributed by atoms with van der Waals surface area (Å²) in [6, 6.07) is 12.1. The molecule has 0 atom stereocenters. The van der Waals surface area contributed by atoms with Crippen LogP contribution in [0.15, 0.2) is 48.7 Å². The number of fused-ring (bicyclic) bond motifs is 1. The minimum Gasteiger partial charge on any atom is -0.232 e. The second-order valence-electron chi connectivity index (χ2n) is 4.46. The van der Waals surface area contributed by atoms with Crippen LogP contribution in [0.25, 0.3) is 16.6 Å². The molecule has 0 amide bonds. The fourth-order valence-corrected chi connectivity index (χ4v) is 2.15. The van der Waals surface area contributed by atoms with Crippen LogP contribution in [0.3, 0.4) is 0 Å². The summed E-state index contributed by atoms with van der Waals surface area (Å²) in [7, 11) is 0. The predicted molar refractivity (Wildman–Crippen MR) is 70.8 cm³/mol. The minimum atomic E-state index is -4.48. The normalized spacial score (nSPS) is 11.5. The number of para-hydroxylation sites is 1. The molecule has 0 spiro atoms. The molecule has 3 aromatic rings. The van der Waals surface area contributed by atoms with E-state index in [0.29, 0.717) is 5.69 Å². The molecule has 1 aromatic heterocycles. The number of nitriles is 1. The van der Waals surface area contributed by atoms with Crippen molar-refractivity contribution in [1.82, 2.24) is 9.78 Å². The maximum absolute atomic E-state index is 12.7. The summed E-state index contributed by atoms with van der Waals surface area (Å²) in [6.07, 6.45) is -2.87. The monoisotopic (exact) mass is 287 g/mol. The van der Waals surface area contributed by atoms with Crippen molar-refractivity contribution in [2.75, 3.05) is 0 Å². The van der Waals surface area contributed by atoms with E-state index in [1.54, 1.807) is 24.4 Å². The number of nitrogens with zero attached hydrogens (tertiary/aromatic N) is 3. The van der Waals surface area contributed by atoms with Crippen LogP contribution in [0.1, 0.15) is 11.1 Å². The average molecular weight is 287 g/mol. The summed E-state index contributed by atoms with van der Waals surface area (Å²) in [4.78, 5) is 0. The van der Waals surface area contributed by atoms with Crippen molar-refractivity contribution in [3.8, 4) is 11.8 Å². The highest BCUT2D eigenvalue weighted by Crippen LogP contribution is 2.31. The first-order valence-corrected chi connectivity index (χ1v) is 6.05. The Bertz CT molecular complexity index is 856. The van der Waals surface area contributed by atoms with Gasteiger partial charge in [-0.15, -0.1) is 0 Å². The Morgan fingerprint density at radius 2 is 1.86 bits per heavy atom. The molecule has 0 aliphatic carbocycles. The summed E-state index contributed by atoms with van der Waals surface area (Å²) >= 11 is 0. The van der Waals surface area contributed by atoms with Gasteiger partial charge >= 0.3 is 6.18 Å². The van der Waals surface area contributed by atoms with Crippen LogP contribution in [-0.2, 0) is 6.18 Å². The molecule has 0 aliphatic rings. The van der Waals surface area contributed by atoms with Gasteiger partial charge in [-0.1, -0.05) is 18.2 Å². The van der Waals surface area contributed by atoms with Crippen molar-refractivity contribution in [2.45, 2.75) is 6.18 Å². The molecule has 0 fully saturated rings. The van der Waals surface area contributed by atoms with E-state index in [1.165, 1.54) is 10.7 Å². The van der Waals surface area contributed by atoms with Crippen LogP contribution in [0.5, 0.6) is 0 Å². The molecule has 0 bridgehead atoms. The van der Waals surface area contributed by atoms with E-state index < -0.39 is 11.7 Å². The van der Waals surface area contributed by atoms with Gasteiger partial charge in [0.15, 0.2) is 0 Å². The molecule has 2 aromatic carbocycles. The van der Waals surface area contributed by atoms with Crippen molar-refractivity contribution in [3.63, 3.8) is 0 Å². The Hall–Kier alpha value is -2.81. The lowest BCUT2D eigenvalue weighted by atomic mass is 10.1. The third kappa shape index (κ3) is 2.23. The van der Waals surface area contributed by atoms with Crippen molar-refractivity contribution < 1.29 is 13.2 Å². The largest absolute Gasteiger partial charge is 0.416 e. The maximum atomic E-state index is 12.7. The lowest BCUT2D eigenvalue weighted by molar-refractivity contribution is -0.137. The van der Waals surface area contributed by atoms with Crippen molar-refractivity contribution in [3.05, 3.63) is 59.8 Å². The average Bonchev–Trinajstić information content (AvgIpc) is 2.89. The van der Waals surface area contributed by atoms with Crippen LogP contribution in [-0.4, -0.2) is 9.78 Å². The second-order valence-corrected chi connectivity index (χ2v) is 4.46. The fraction of sp³-hybridized carbons (Fsp3) is 0.0667. The van der Waals surface area contributed by atoms with E-state index in [0.717, 1.165) is 23.0 Å². The first-order chi connectivity index (χ1) is 10.0. The number of benzene rings is 2. The summed E-state index contributed by atoms with van der Waals surface area (Å²) < 4.78 is 39.6. The fourth-order valence-electron chi connectivity index (χ4n) is 2.15. The van der Waals surface area contributed by atoms with E-state index in [2.05, 4.69) is 5.10 Å². The summed E-state index contributed by atoms with van der Waals surface area (Å²) in [5, 5.41) is 14.1. The summed E-state index contributed by atoms with van der Waals surface area (Å²) in [6.45, 7) is 0. The predicted octanol–water partition coefficient (Wildman–Crippen LogP) is 3.92. The first kappa shape index (κ1) is 13.2. The Morgan fingerprint density at radius 1 is 1.10 bits per heavy atom. The quantitative estimate of drug-likeness (QED) is 0.680. The van der Waals surface area contributed by atoms with Crippen molar-refractivity contribution in [1.29, 1.82) is 5.26 Å². The SMILES string of the molecule is N#Cc1cc(C(F)(F)F)ccc1-n1ncc2ccccc21. The van der Waals surface area contributed by atoms with Crippen LogP contribution in [0, 0.1) is 11.3 Å². The second kappa shape index (κ2) is 4.63. The molecule has 104 valence electrons. The Labute approximate surface area is 117 Å². The number of aromatic nitrogens is 2. The number of hydrogen-bond donors (Lipinski definition) is 0. The molecule has 0 unspecified atom stereocenters. The van der Waals surface area contributed by atoms with E-state index in [4.69, 9.17) is 5.26 Å². The highest BCUT2D eigenvalue weighted by Gasteiger charge is 2.31. The smallest absolute Gasteiger partial charge is 0.232 e. The van der Waals surface area contributed by atoms with Crippen molar-refractivity contribution in [2.24, 2.45) is 0 Å². The van der Waals surface area contributed by atoms with Gasteiger partial charge < -0.3 is 0 Å². The van der Waals surface area contributed by atoms with Gasteiger partial charge in [0, 0.05) is 5.39 Å². The zero-order valence-electron chi connectivity index (χ0n) is 10.6. The van der Waals surface area contributed by atoms with Crippen LogP contribution in [0.2, 0.25) is 0 Å². The molecule has 1 heterocycles. The van der Waals surface area contributed by atoms with Gasteiger partial charge in [0.2, 0.25) is 0 Å². The molecule has 21 heavy (non-hydrogen) atoms. The van der Waals surface area contributed by atoms with E-state index in [-0.39, 0.29) is 5.56 Å². The van der Waals surface area contributed by atoms with Gasteiger partial charge in [-0.05, 0) is 24.3 Å². The molecule has 0 saturated heterocycles. The van der Waals surface area contributed by atoms with E-state index in [1.807, 2.05) is 12.1 Å².